The SMILES string of the molecule is CCOc1ccc(-c2ccc(C(=O)O)cc2)cc1. The quantitative estimate of drug-likeness (QED) is 0.893. The summed E-state index contributed by atoms with van der Waals surface area (Å²) in [6.07, 6.45) is 0. The lowest BCUT2D eigenvalue weighted by Gasteiger charge is -2.05. The van der Waals surface area contributed by atoms with E-state index in [0.717, 1.165) is 16.9 Å². The van der Waals surface area contributed by atoms with Gasteiger partial charge in [-0.25, -0.2) is 4.79 Å². The first-order chi connectivity index (χ1) is 8.70. The fourth-order valence-corrected chi connectivity index (χ4v) is 1.72. The second-order valence-corrected chi connectivity index (χ2v) is 3.84. The smallest absolute Gasteiger partial charge is 0.335 e. The predicted octanol–water partition coefficient (Wildman–Crippen LogP) is 3.45. The van der Waals surface area contributed by atoms with E-state index in [4.69, 9.17) is 9.84 Å². The molecule has 0 amide bonds. The molecule has 2 rings (SSSR count). The molecular weight excluding hydrogens is 228 g/mol. The van der Waals surface area contributed by atoms with Crippen molar-refractivity contribution in [3.63, 3.8) is 0 Å². The molecule has 2 aromatic carbocycles. The number of ether oxygens (including phenoxy) is 1. The number of aromatic carboxylic acids is 1. The van der Waals surface area contributed by atoms with Crippen LogP contribution in [-0.4, -0.2) is 17.7 Å². The minimum absolute atomic E-state index is 0.296. The van der Waals surface area contributed by atoms with E-state index >= 15 is 0 Å². The first kappa shape index (κ1) is 12.2. The zero-order valence-corrected chi connectivity index (χ0v) is 10.1. The number of carboxylic acid groups (broad SMARTS) is 1. The van der Waals surface area contributed by atoms with E-state index in [0.29, 0.717) is 12.2 Å². The predicted molar refractivity (Wildman–Crippen MR) is 70.0 cm³/mol. The number of rotatable bonds is 4. The Hall–Kier alpha value is -2.29. The third kappa shape index (κ3) is 2.69. The van der Waals surface area contributed by atoms with Gasteiger partial charge in [0.1, 0.15) is 5.75 Å². The van der Waals surface area contributed by atoms with Gasteiger partial charge in [-0.2, -0.15) is 0 Å². The number of benzene rings is 2. The molecule has 0 fully saturated rings. The van der Waals surface area contributed by atoms with Gasteiger partial charge in [0.05, 0.1) is 12.2 Å². The molecule has 0 saturated heterocycles. The Morgan fingerprint density at radius 1 is 1.00 bits per heavy atom. The van der Waals surface area contributed by atoms with Gasteiger partial charge in [-0.15, -0.1) is 0 Å². The summed E-state index contributed by atoms with van der Waals surface area (Å²) >= 11 is 0. The van der Waals surface area contributed by atoms with Crippen molar-refractivity contribution in [3.05, 3.63) is 54.1 Å². The summed E-state index contributed by atoms with van der Waals surface area (Å²) in [6.45, 7) is 2.59. The van der Waals surface area contributed by atoms with Crippen molar-refractivity contribution < 1.29 is 14.6 Å². The van der Waals surface area contributed by atoms with E-state index in [-0.39, 0.29) is 0 Å². The Morgan fingerprint density at radius 2 is 1.50 bits per heavy atom. The molecule has 0 radical (unpaired) electrons. The average molecular weight is 242 g/mol. The van der Waals surface area contributed by atoms with Crippen LogP contribution in [0.2, 0.25) is 0 Å². The van der Waals surface area contributed by atoms with Crippen LogP contribution in [0.5, 0.6) is 5.75 Å². The standard InChI is InChI=1S/C15H14O3/c1-2-18-14-9-7-12(8-10-14)11-3-5-13(6-4-11)15(16)17/h3-10H,2H2,1H3,(H,16,17). The summed E-state index contributed by atoms with van der Waals surface area (Å²) < 4.78 is 5.37. The van der Waals surface area contributed by atoms with Crippen LogP contribution in [0, 0.1) is 0 Å². The van der Waals surface area contributed by atoms with Crippen LogP contribution < -0.4 is 4.74 Å². The van der Waals surface area contributed by atoms with Gasteiger partial charge in [0.15, 0.2) is 0 Å². The van der Waals surface area contributed by atoms with Crippen LogP contribution in [0.1, 0.15) is 17.3 Å². The van der Waals surface area contributed by atoms with Crippen LogP contribution in [0.25, 0.3) is 11.1 Å². The topological polar surface area (TPSA) is 46.5 Å². The van der Waals surface area contributed by atoms with Crippen molar-refractivity contribution in [1.82, 2.24) is 0 Å². The van der Waals surface area contributed by atoms with E-state index in [2.05, 4.69) is 0 Å². The molecule has 0 aliphatic rings. The summed E-state index contributed by atoms with van der Waals surface area (Å²) in [5.41, 5.74) is 2.32. The van der Waals surface area contributed by atoms with Crippen molar-refractivity contribution in [3.8, 4) is 16.9 Å². The Balaban J connectivity index is 2.23. The Kier molecular flexibility index (Phi) is 3.63. The molecule has 0 unspecified atom stereocenters. The van der Waals surface area contributed by atoms with Gasteiger partial charge < -0.3 is 9.84 Å². The molecule has 3 heteroatoms. The maximum atomic E-state index is 10.7. The third-order valence-corrected chi connectivity index (χ3v) is 2.63. The lowest BCUT2D eigenvalue weighted by molar-refractivity contribution is 0.0697. The molecule has 1 N–H and O–H groups in total. The molecule has 0 aliphatic carbocycles. The first-order valence-electron chi connectivity index (χ1n) is 5.77. The summed E-state index contributed by atoms with van der Waals surface area (Å²) in [4.78, 5) is 10.7. The van der Waals surface area contributed by atoms with Gasteiger partial charge in [-0.1, -0.05) is 24.3 Å². The number of hydrogen-bond donors (Lipinski definition) is 1. The maximum Gasteiger partial charge on any atom is 0.335 e. The minimum Gasteiger partial charge on any atom is -0.494 e. The largest absolute Gasteiger partial charge is 0.494 e. The van der Waals surface area contributed by atoms with Crippen molar-refractivity contribution in [2.24, 2.45) is 0 Å². The molecule has 92 valence electrons. The second-order valence-electron chi connectivity index (χ2n) is 3.84. The number of carboxylic acids is 1. The molecule has 0 atom stereocenters. The van der Waals surface area contributed by atoms with Gasteiger partial charge in [0, 0.05) is 0 Å². The highest BCUT2D eigenvalue weighted by atomic mass is 16.5. The molecule has 2 aromatic rings. The van der Waals surface area contributed by atoms with Crippen molar-refractivity contribution in [2.45, 2.75) is 6.92 Å². The van der Waals surface area contributed by atoms with E-state index < -0.39 is 5.97 Å². The fourth-order valence-electron chi connectivity index (χ4n) is 1.72. The fraction of sp³-hybridized carbons (Fsp3) is 0.133. The average Bonchev–Trinajstić information content (AvgIpc) is 2.40. The molecule has 0 bridgehead atoms. The molecular formula is C15H14O3. The molecule has 0 aromatic heterocycles. The summed E-state index contributed by atoms with van der Waals surface area (Å²) in [7, 11) is 0. The minimum atomic E-state index is -0.909. The summed E-state index contributed by atoms with van der Waals surface area (Å²) in [5, 5.41) is 8.83. The van der Waals surface area contributed by atoms with Crippen LogP contribution in [0.4, 0.5) is 0 Å². The van der Waals surface area contributed by atoms with Crippen LogP contribution in [0.3, 0.4) is 0 Å². The molecule has 0 spiro atoms. The highest BCUT2D eigenvalue weighted by Gasteiger charge is 2.03. The van der Waals surface area contributed by atoms with E-state index in [1.807, 2.05) is 31.2 Å². The van der Waals surface area contributed by atoms with Gasteiger partial charge in [0.25, 0.3) is 0 Å². The van der Waals surface area contributed by atoms with Crippen LogP contribution >= 0.6 is 0 Å². The lowest BCUT2D eigenvalue weighted by Crippen LogP contribution is -1.95. The van der Waals surface area contributed by atoms with Crippen molar-refractivity contribution in [2.75, 3.05) is 6.61 Å². The van der Waals surface area contributed by atoms with E-state index in [1.54, 1.807) is 24.3 Å². The van der Waals surface area contributed by atoms with Crippen molar-refractivity contribution in [1.29, 1.82) is 0 Å². The van der Waals surface area contributed by atoms with Crippen LogP contribution in [0.15, 0.2) is 48.5 Å². The highest BCUT2D eigenvalue weighted by molar-refractivity contribution is 5.88. The second kappa shape index (κ2) is 5.36. The molecule has 18 heavy (non-hydrogen) atoms. The zero-order chi connectivity index (χ0) is 13.0. The van der Waals surface area contributed by atoms with E-state index in [9.17, 15) is 4.79 Å². The van der Waals surface area contributed by atoms with E-state index in [1.165, 1.54) is 0 Å². The van der Waals surface area contributed by atoms with Crippen molar-refractivity contribution >= 4 is 5.97 Å². The van der Waals surface area contributed by atoms with Crippen LogP contribution in [-0.2, 0) is 0 Å². The van der Waals surface area contributed by atoms with Gasteiger partial charge in [0.2, 0.25) is 0 Å². The Labute approximate surface area is 106 Å². The molecule has 0 aliphatic heterocycles. The Bertz CT molecular complexity index is 527. The van der Waals surface area contributed by atoms with Gasteiger partial charge in [-0.05, 0) is 42.3 Å². The highest BCUT2D eigenvalue weighted by Crippen LogP contribution is 2.22. The Morgan fingerprint density at radius 3 is 1.94 bits per heavy atom. The lowest BCUT2D eigenvalue weighted by atomic mass is 10.0. The summed E-state index contributed by atoms with van der Waals surface area (Å²) in [5.74, 6) is -0.0725. The number of hydrogen-bond acceptors (Lipinski definition) is 2. The molecule has 0 heterocycles. The molecule has 3 nitrogen and oxygen atoms in total. The maximum absolute atomic E-state index is 10.7. The number of carbonyl (C=O) groups is 1. The first-order valence-corrected chi connectivity index (χ1v) is 5.77. The normalized spacial score (nSPS) is 10.1. The van der Waals surface area contributed by atoms with Gasteiger partial charge in [-0.3, -0.25) is 0 Å². The zero-order valence-electron chi connectivity index (χ0n) is 10.1. The van der Waals surface area contributed by atoms with Gasteiger partial charge >= 0.3 is 5.97 Å². The molecule has 0 saturated carbocycles. The monoisotopic (exact) mass is 242 g/mol. The summed E-state index contributed by atoms with van der Waals surface area (Å²) in [6, 6.07) is 14.6. The third-order valence-electron chi connectivity index (χ3n) is 2.63.